The summed E-state index contributed by atoms with van der Waals surface area (Å²) in [4.78, 5) is 23.0. The molecular weight excluding hydrogens is 358 g/mol. The molecule has 0 rings (SSSR count). The van der Waals surface area contributed by atoms with Crippen molar-refractivity contribution >= 4 is 11.9 Å². The molecule has 2 N–H and O–H groups in total. The van der Waals surface area contributed by atoms with Crippen molar-refractivity contribution in [3.63, 3.8) is 0 Å². The third kappa shape index (κ3) is 18.2. The van der Waals surface area contributed by atoms with E-state index < -0.39 is 24.1 Å². The fraction of sp³-hybridized carbons (Fsp3) is 0.909. The van der Waals surface area contributed by atoms with Crippen LogP contribution < -0.4 is 0 Å². The molecule has 6 heteroatoms. The predicted molar refractivity (Wildman–Crippen MR) is 112 cm³/mol. The molecule has 0 spiro atoms. The average molecular weight is 403 g/mol. The van der Waals surface area contributed by atoms with Crippen LogP contribution in [0, 0.1) is 0 Å². The van der Waals surface area contributed by atoms with Gasteiger partial charge in [-0.3, -0.25) is 9.59 Å². The third-order valence-corrected chi connectivity index (χ3v) is 4.74. The van der Waals surface area contributed by atoms with Crippen LogP contribution in [0.15, 0.2) is 0 Å². The van der Waals surface area contributed by atoms with Crippen LogP contribution in [0.4, 0.5) is 0 Å². The molecule has 6 nitrogen and oxygen atoms in total. The van der Waals surface area contributed by atoms with Gasteiger partial charge in [0.25, 0.3) is 0 Å². The topological polar surface area (TPSA) is 83.8 Å². The Bertz CT molecular complexity index is 420. The van der Waals surface area contributed by atoms with Crippen molar-refractivity contribution in [2.75, 3.05) is 27.7 Å². The number of aliphatic hydroxyl groups excluding tert-OH is 1. The molecule has 0 saturated heterocycles. The maximum atomic E-state index is 12.0. The zero-order valence-corrected chi connectivity index (χ0v) is 18.6. The first-order chi connectivity index (χ1) is 13.1. The number of rotatable bonds is 18. The van der Waals surface area contributed by atoms with Gasteiger partial charge in [-0.15, -0.1) is 0 Å². The van der Waals surface area contributed by atoms with Gasteiger partial charge in [0.05, 0.1) is 40.1 Å². The number of hydrogen-bond donors (Lipinski definition) is 2. The summed E-state index contributed by atoms with van der Waals surface area (Å²) in [5, 5.41) is 19.0. The normalized spacial score (nSPS) is 13.9. The molecular formula is C22H44NO5+. The minimum atomic E-state index is -0.989. The maximum Gasteiger partial charge on any atom is 0.308 e. The van der Waals surface area contributed by atoms with E-state index in [4.69, 9.17) is 9.84 Å². The van der Waals surface area contributed by atoms with Gasteiger partial charge in [-0.25, -0.2) is 0 Å². The number of carboxylic acids is 1. The highest BCUT2D eigenvalue weighted by Crippen LogP contribution is 2.14. The van der Waals surface area contributed by atoms with E-state index in [1.54, 1.807) is 0 Å². The van der Waals surface area contributed by atoms with Crippen molar-refractivity contribution in [1.82, 2.24) is 0 Å². The quantitative estimate of drug-likeness (QED) is 0.204. The molecule has 0 aromatic carbocycles. The number of unbranched alkanes of at least 4 members (excludes halogenated alkanes) is 9. The number of quaternary nitrogens is 1. The Morgan fingerprint density at radius 3 is 1.82 bits per heavy atom. The van der Waals surface area contributed by atoms with Gasteiger partial charge in [-0.1, -0.05) is 71.1 Å². The number of nitrogens with zero attached hydrogens (tertiary/aromatic N) is 1. The molecule has 0 saturated carbocycles. The molecule has 0 aromatic heterocycles. The number of carbonyl (C=O) groups is 2. The highest BCUT2D eigenvalue weighted by Gasteiger charge is 2.25. The van der Waals surface area contributed by atoms with E-state index in [0.717, 1.165) is 12.8 Å². The van der Waals surface area contributed by atoms with Crippen molar-refractivity contribution in [2.24, 2.45) is 0 Å². The van der Waals surface area contributed by atoms with Crippen molar-refractivity contribution < 1.29 is 29.0 Å². The van der Waals surface area contributed by atoms with E-state index >= 15 is 0 Å². The van der Waals surface area contributed by atoms with Gasteiger partial charge in [0, 0.05) is 0 Å². The summed E-state index contributed by atoms with van der Waals surface area (Å²) in [5.41, 5.74) is 0. The van der Waals surface area contributed by atoms with Crippen molar-refractivity contribution in [3.05, 3.63) is 0 Å². The molecule has 0 radical (unpaired) electrons. The Labute approximate surface area is 171 Å². The fourth-order valence-corrected chi connectivity index (χ4v) is 3.35. The summed E-state index contributed by atoms with van der Waals surface area (Å²) in [5.74, 6) is -1.50. The fourth-order valence-electron chi connectivity index (χ4n) is 3.35. The summed E-state index contributed by atoms with van der Waals surface area (Å²) in [6.07, 6.45) is 11.2. The van der Waals surface area contributed by atoms with Gasteiger partial charge < -0.3 is 19.4 Å². The zero-order chi connectivity index (χ0) is 21.4. The van der Waals surface area contributed by atoms with E-state index in [0.29, 0.717) is 17.4 Å². The van der Waals surface area contributed by atoms with E-state index in [2.05, 4.69) is 6.92 Å². The summed E-state index contributed by atoms with van der Waals surface area (Å²) in [7, 11) is 5.76. The molecule has 0 aliphatic carbocycles. The van der Waals surface area contributed by atoms with Gasteiger partial charge in [-0.2, -0.15) is 0 Å². The van der Waals surface area contributed by atoms with Gasteiger partial charge in [0.2, 0.25) is 0 Å². The van der Waals surface area contributed by atoms with Crippen molar-refractivity contribution in [1.29, 1.82) is 0 Å². The molecule has 0 aromatic rings. The lowest BCUT2D eigenvalue weighted by Gasteiger charge is -2.28. The summed E-state index contributed by atoms with van der Waals surface area (Å²) in [6, 6.07) is 0. The summed E-state index contributed by atoms with van der Waals surface area (Å²) >= 11 is 0. The lowest BCUT2D eigenvalue weighted by molar-refractivity contribution is -0.873. The summed E-state index contributed by atoms with van der Waals surface area (Å²) < 4.78 is 5.82. The number of aliphatic hydroxyl groups is 1. The molecule has 166 valence electrons. The Morgan fingerprint density at radius 1 is 0.857 bits per heavy atom. The number of carboxylic acid groups (broad SMARTS) is 1. The molecule has 0 aliphatic heterocycles. The van der Waals surface area contributed by atoms with E-state index in [1.807, 2.05) is 21.1 Å². The number of esters is 1. The third-order valence-electron chi connectivity index (χ3n) is 4.74. The highest BCUT2D eigenvalue weighted by atomic mass is 16.5. The first-order valence-corrected chi connectivity index (χ1v) is 11.0. The molecule has 0 bridgehead atoms. The molecule has 0 fully saturated rings. The second-order valence-electron chi connectivity index (χ2n) is 9.01. The Morgan fingerprint density at radius 2 is 1.36 bits per heavy atom. The average Bonchev–Trinajstić information content (AvgIpc) is 2.54. The van der Waals surface area contributed by atoms with Crippen LogP contribution in [0.5, 0.6) is 0 Å². The Balaban J connectivity index is 3.87. The number of aliphatic carboxylic acids is 1. The minimum Gasteiger partial charge on any atom is -0.481 e. The second-order valence-corrected chi connectivity index (χ2v) is 9.01. The molecule has 28 heavy (non-hydrogen) atoms. The number of likely N-dealkylation sites (N-methyl/N-ethyl adjacent to an activating group) is 1. The standard InChI is InChI=1S/C22H43NO5/c1-5-6-7-8-9-10-11-12-13-14-15-19(24)16-22(27)28-20(17-21(25)26)18-23(2,3)4/h19-20,24H,5-18H2,1-4H3/p+1/t19?,20-/m1/s1. The van der Waals surface area contributed by atoms with Crippen molar-refractivity contribution in [3.8, 4) is 0 Å². The van der Waals surface area contributed by atoms with Crippen molar-refractivity contribution in [2.45, 2.75) is 103 Å². The molecule has 0 heterocycles. The Kier molecular flexibility index (Phi) is 15.1. The zero-order valence-electron chi connectivity index (χ0n) is 18.6. The minimum absolute atomic E-state index is 0.0648. The first kappa shape index (κ1) is 26.9. The van der Waals surface area contributed by atoms with Gasteiger partial charge in [0.1, 0.15) is 6.54 Å². The number of hydrogen-bond acceptors (Lipinski definition) is 4. The predicted octanol–water partition coefficient (Wildman–Crippen LogP) is 4.14. The van der Waals surface area contributed by atoms with Gasteiger partial charge >= 0.3 is 11.9 Å². The number of ether oxygens (including phenoxy) is 1. The molecule has 1 unspecified atom stereocenters. The maximum absolute atomic E-state index is 12.0. The monoisotopic (exact) mass is 402 g/mol. The lowest BCUT2D eigenvalue weighted by atomic mass is 10.0. The molecule has 0 aliphatic rings. The molecule has 2 atom stereocenters. The van der Waals surface area contributed by atoms with E-state index in [1.165, 1.54) is 51.4 Å². The first-order valence-electron chi connectivity index (χ1n) is 11.0. The van der Waals surface area contributed by atoms with E-state index in [9.17, 15) is 14.7 Å². The lowest BCUT2D eigenvalue weighted by Crippen LogP contribution is -2.44. The van der Waals surface area contributed by atoms with Gasteiger partial charge in [-0.05, 0) is 6.42 Å². The van der Waals surface area contributed by atoms with Crippen LogP contribution in [0.25, 0.3) is 0 Å². The van der Waals surface area contributed by atoms with Gasteiger partial charge in [0.15, 0.2) is 6.10 Å². The second kappa shape index (κ2) is 15.7. The van der Waals surface area contributed by atoms with Crippen LogP contribution in [0.3, 0.4) is 0 Å². The van der Waals surface area contributed by atoms with Crippen LogP contribution in [-0.2, 0) is 14.3 Å². The largest absolute Gasteiger partial charge is 0.481 e. The Hall–Kier alpha value is -1.14. The summed E-state index contributed by atoms with van der Waals surface area (Å²) in [6.45, 7) is 2.65. The SMILES string of the molecule is CCCCCCCCCCCCC(O)CC(=O)O[C@H](CC(=O)O)C[N+](C)(C)C. The number of carbonyl (C=O) groups excluding carboxylic acids is 1. The molecule has 0 amide bonds. The van der Waals surface area contributed by atoms with Crippen LogP contribution in [-0.4, -0.2) is 66.5 Å². The van der Waals surface area contributed by atoms with Crippen LogP contribution in [0.1, 0.15) is 90.4 Å². The van der Waals surface area contributed by atoms with E-state index in [-0.39, 0.29) is 12.8 Å². The van der Waals surface area contributed by atoms with Crippen LogP contribution in [0.2, 0.25) is 0 Å². The van der Waals surface area contributed by atoms with Crippen LogP contribution >= 0.6 is 0 Å². The smallest absolute Gasteiger partial charge is 0.308 e. The highest BCUT2D eigenvalue weighted by molar-refractivity contribution is 5.71.